The zero-order valence-corrected chi connectivity index (χ0v) is 11.8. The van der Waals surface area contributed by atoms with Crippen molar-refractivity contribution in [2.45, 2.75) is 24.7 Å². The van der Waals surface area contributed by atoms with Crippen molar-refractivity contribution in [3.8, 4) is 11.5 Å². The summed E-state index contributed by atoms with van der Waals surface area (Å²) in [6.07, 6.45) is 0. The Morgan fingerprint density at radius 2 is 1.78 bits per heavy atom. The van der Waals surface area contributed by atoms with Crippen LogP contribution in [0.25, 0.3) is 0 Å². The Morgan fingerprint density at radius 3 is 1.89 bits per heavy atom. The van der Waals surface area contributed by atoms with Gasteiger partial charge in [-0.2, -0.15) is 0 Å². The van der Waals surface area contributed by atoms with E-state index in [0.29, 0.717) is 0 Å². The maximum absolute atomic E-state index is 3.29. The molecule has 9 heavy (non-hydrogen) atoms. The molecule has 0 atom stereocenters. The molecule has 0 N–H and O–H groups in total. The molecule has 0 spiro atoms. The van der Waals surface area contributed by atoms with Crippen LogP contribution in [0, 0.1) is 11.5 Å². The molecule has 3 heteroatoms. The second kappa shape index (κ2) is 5.65. The molecule has 0 aliphatic rings. The van der Waals surface area contributed by atoms with Gasteiger partial charge >= 0.3 is 62.5 Å². The van der Waals surface area contributed by atoms with Crippen molar-refractivity contribution in [1.82, 2.24) is 0 Å². The van der Waals surface area contributed by atoms with Crippen molar-refractivity contribution in [3.05, 3.63) is 0 Å². The Balaban J connectivity index is 0. The van der Waals surface area contributed by atoms with Gasteiger partial charge in [0, 0.05) is 0 Å². The molecule has 0 radical (unpaired) electrons. The quantitative estimate of drug-likeness (QED) is 0.379. The molecule has 48 valence electrons. The molecule has 0 fully saturated rings. The van der Waals surface area contributed by atoms with Gasteiger partial charge in [-0.05, 0) is 0 Å². The topological polar surface area (TPSA) is 0 Å². The minimum absolute atomic E-state index is 0. The van der Waals surface area contributed by atoms with Crippen molar-refractivity contribution >= 4 is 8.07 Å². The molecule has 0 aromatic rings. The van der Waals surface area contributed by atoms with Crippen LogP contribution in [0.2, 0.25) is 24.7 Å². The van der Waals surface area contributed by atoms with Gasteiger partial charge in [-0.25, -0.2) is 0 Å². The van der Waals surface area contributed by atoms with E-state index in [1.807, 2.05) is 0 Å². The zero-order chi connectivity index (χ0) is 6.62. The number of halogens is 1. The summed E-state index contributed by atoms with van der Waals surface area (Å²) in [6, 6.07) is 0. The third kappa shape index (κ3) is 12.2. The molecule has 0 aromatic heterocycles. The first-order valence-corrected chi connectivity index (χ1v) is 8.45. The van der Waals surface area contributed by atoms with E-state index in [0.717, 1.165) is 5.02 Å². The van der Waals surface area contributed by atoms with Gasteiger partial charge in [0.25, 0.3) is 0 Å². The first-order valence-electron chi connectivity index (χ1n) is 2.85. The van der Waals surface area contributed by atoms with Crippen molar-refractivity contribution in [2.75, 3.05) is 0 Å². The predicted octanol–water partition coefficient (Wildman–Crippen LogP) is -1.16. The fourth-order valence-electron chi connectivity index (χ4n) is 0.328. The number of hydrogen-bond acceptors (Lipinski definition) is 0. The van der Waals surface area contributed by atoms with Gasteiger partial charge in [-0.1, -0.05) is 0 Å². The van der Waals surface area contributed by atoms with Crippen molar-refractivity contribution in [1.29, 1.82) is 0 Å². The second-order valence-corrected chi connectivity index (χ2v) is 8.60. The Kier molecular flexibility index (Phi) is 7.88. The van der Waals surface area contributed by atoms with Crippen LogP contribution in [0.4, 0.5) is 0 Å². The maximum atomic E-state index is 3.29. The van der Waals surface area contributed by atoms with E-state index in [1.54, 1.807) is 0 Å². The van der Waals surface area contributed by atoms with Crippen LogP contribution in [0.5, 0.6) is 0 Å². The summed E-state index contributed by atoms with van der Waals surface area (Å²) in [5.74, 6) is 3.16. The van der Waals surface area contributed by atoms with Gasteiger partial charge in [0.1, 0.15) is 0 Å². The zero-order valence-electron chi connectivity index (χ0n) is 6.29. The van der Waals surface area contributed by atoms with Crippen molar-refractivity contribution in [3.63, 3.8) is 0 Å². The smallest absolute Gasteiger partial charge is 1.00 e. The van der Waals surface area contributed by atoms with E-state index >= 15 is 0 Å². The van der Waals surface area contributed by atoms with Crippen molar-refractivity contribution < 1.29 is 35.3 Å². The summed E-state index contributed by atoms with van der Waals surface area (Å²) >= 11 is 1.32. The summed E-state index contributed by atoms with van der Waals surface area (Å²) in [6.45, 7) is 6.82. The first kappa shape index (κ1) is 12.5. The fraction of sp³-hybridized carbons (Fsp3) is 0.667. The van der Waals surface area contributed by atoms with Crippen LogP contribution in [0.15, 0.2) is 0 Å². The summed E-state index contributed by atoms with van der Waals surface area (Å²) < 4.78 is 0. The molecule has 0 aliphatic heterocycles. The molecular weight excluding hydrogens is 245 g/mol. The maximum Gasteiger partial charge on any atom is -1.00 e. The Morgan fingerprint density at radius 1 is 1.33 bits per heavy atom. The predicted molar refractivity (Wildman–Crippen MR) is 35.9 cm³/mol. The van der Waals surface area contributed by atoms with E-state index < -0.39 is 8.07 Å². The van der Waals surface area contributed by atoms with Gasteiger partial charge in [0.15, 0.2) is 0 Å². The van der Waals surface area contributed by atoms with E-state index in [9.17, 15) is 0 Å². The van der Waals surface area contributed by atoms with Crippen LogP contribution >= 0.6 is 0 Å². The van der Waals surface area contributed by atoms with Crippen LogP contribution in [0.1, 0.15) is 0 Å². The Hall–Kier alpha value is 0.880. The van der Waals surface area contributed by atoms with Crippen molar-refractivity contribution in [2.24, 2.45) is 0 Å². The SMILES string of the molecule is C[Si](C)(C)C#C[CH2][Zn+].[Br-]. The van der Waals surface area contributed by atoms with Gasteiger partial charge in [-0.15, -0.1) is 0 Å². The Labute approximate surface area is 79.3 Å². The van der Waals surface area contributed by atoms with Gasteiger partial charge in [-0.3, -0.25) is 0 Å². The molecule has 0 aromatic carbocycles. The second-order valence-electron chi connectivity index (χ2n) is 2.80. The number of rotatable bonds is 0. The number of hydrogen-bond donors (Lipinski definition) is 0. The standard InChI is InChI=1S/C6H11Si.BrH.Zn/c1-5-6-7(2,3)4;;/h1H2,2-4H3;1H;/q;;+1/p-1. The van der Waals surface area contributed by atoms with Gasteiger partial charge in [0.2, 0.25) is 0 Å². The summed E-state index contributed by atoms with van der Waals surface area (Å²) in [7, 11) is -1.02. The summed E-state index contributed by atoms with van der Waals surface area (Å²) in [5.41, 5.74) is 3.29. The average molecular weight is 257 g/mol. The molecule has 0 saturated carbocycles. The average Bonchev–Trinajstić information content (AvgIpc) is 1.59. The molecule has 0 saturated heterocycles. The van der Waals surface area contributed by atoms with E-state index in [2.05, 4.69) is 31.1 Å². The van der Waals surface area contributed by atoms with Crippen LogP contribution in [-0.2, 0) is 18.3 Å². The minimum Gasteiger partial charge on any atom is -1.00 e. The van der Waals surface area contributed by atoms with E-state index in [4.69, 9.17) is 0 Å². The van der Waals surface area contributed by atoms with E-state index in [1.165, 1.54) is 18.3 Å². The summed E-state index contributed by atoms with van der Waals surface area (Å²) in [4.78, 5) is 0. The normalized spacial score (nSPS) is 9.00. The monoisotopic (exact) mass is 254 g/mol. The molecule has 0 unspecified atom stereocenters. The third-order valence-electron chi connectivity index (χ3n) is 0.588. The van der Waals surface area contributed by atoms with Crippen LogP contribution in [0.3, 0.4) is 0 Å². The van der Waals surface area contributed by atoms with Gasteiger partial charge in [0.05, 0.1) is 0 Å². The minimum atomic E-state index is -1.02. The van der Waals surface area contributed by atoms with Crippen LogP contribution in [-0.4, -0.2) is 8.07 Å². The summed E-state index contributed by atoms with van der Waals surface area (Å²) in [5, 5.41) is 1.13. The Bertz CT molecular complexity index is 117. The third-order valence-corrected chi connectivity index (χ3v) is 2.04. The molecule has 0 heterocycles. The molecular formula is C6H11BrSiZn. The first-order chi connectivity index (χ1) is 3.56. The van der Waals surface area contributed by atoms with Gasteiger partial charge < -0.3 is 17.0 Å². The molecule has 0 aliphatic carbocycles. The molecule has 0 nitrogen and oxygen atoms in total. The molecule has 0 bridgehead atoms. The molecule has 0 rings (SSSR count). The largest absolute Gasteiger partial charge is 1.00 e. The molecule has 0 amide bonds. The van der Waals surface area contributed by atoms with Crippen LogP contribution < -0.4 is 17.0 Å². The van der Waals surface area contributed by atoms with E-state index in [-0.39, 0.29) is 17.0 Å². The fourth-order valence-corrected chi connectivity index (χ4v) is 1.77.